The molecule has 1 heterocycles. The van der Waals surface area contributed by atoms with Gasteiger partial charge in [0.2, 0.25) is 5.91 Å². The lowest BCUT2D eigenvalue weighted by Crippen LogP contribution is -2.38. The highest BCUT2D eigenvalue weighted by Gasteiger charge is 2.19. The molecule has 1 fully saturated rings. The number of piperidine rings is 1. The summed E-state index contributed by atoms with van der Waals surface area (Å²) in [5.41, 5.74) is 7.75. The predicted octanol–water partition coefficient (Wildman–Crippen LogP) is 2.46. The molecule has 98 valence electrons. The normalized spacial score (nSPS) is 16.8. The van der Waals surface area contributed by atoms with Crippen LogP contribution >= 0.6 is 0 Å². The molecule has 3 heteroatoms. The Morgan fingerprint density at radius 2 is 2.00 bits per heavy atom. The van der Waals surface area contributed by atoms with Crippen molar-refractivity contribution < 1.29 is 4.79 Å². The van der Waals surface area contributed by atoms with E-state index in [-0.39, 0.29) is 5.91 Å². The molecule has 1 aromatic carbocycles. The number of nitrogens with two attached hydrogens (primary N) is 1. The van der Waals surface area contributed by atoms with E-state index in [4.69, 9.17) is 5.73 Å². The number of carbonyl (C=O) groups is 1. The summed E-state index contributed by atoms with van der Waals surface area (Å²) in [6.45, 7) is 4.10. The number of hydrogen-bond acceptors (Lipinski definition) is 2. The second-order valence-corrected chi connectivity index (χ2v) is 5.26. The van der Waals surface area contributed by atoms with Crippen LogP contribution in [0.15, 0.2) is 24.3 Å². The minimum Gasteiger partial charge on any atom is -0.399 e. The lowest BCUT2D eigenvalue weighted by atomic mass is 9.98. The first kappa shape index (κ1) is 12.9. The number of benzene rings is 1. The number of anilines is 1. The molecular weight excluding hydrogens is 224 g/mol. The fraction of sp³-hybridized carbons (Fsp3) is 0.533. The Bertz CT molecular complexity index is 409. The molecule has 2 rings (SSSR count). The molecule has 1 aliphatic heterocycles. The lowest BCUT2D eigenvalue weighted by molar-refractivity contribution is -0.132. The highest BCUT2D eigenvalue weighted by molar-refractivity contribution is 5.76. The quantitative estimate of drug-likeness (QED) is 0.833. The van der Waals surface area contributed by atoms with E-state index in [9.17, 15) is 4.79 Å². The number of nitrogen functional groups attached to an aromatic ring is 1. The largest absolute Gasteiger partial charge is 0.399 e. The van der Waals surface area contributed by atoms with Crippen LogP contribution in [0.1, 0.15) is 31.7 Å². The first-order chi connectivity index (χ1) is 8.66. The van der Waals surface area contributed by atoms with Gasteiger partial charge in [0.1, 0.15) is 0 Å². The maximum absolute atomic E-state index is 12.1. The summed E-state index contributed by atoms with van der Waals surface area (Å²) in [5, 5.41) is 0. The molecule has 0 aromatic heterocycles. The summed E-state index contributed by atoms with van der Waals surface area (Å²) in [5.74, 6) is 1.03. The standard InChI is InChI=1S/C15H22N2O/c1-12-8-10-17(11-9-12)15(18)7-6-13-4-2-3-5-14(13)16/h2-5,12H,6-11,16H2,1H3. The molecule has 0 saturated carbocycles. The monoisotopic (exact) mass is 246 g/mol. The van der Waals surface area contributed by atoms with Gasteiger partial charge in [-0.15, -0.1) is 0 Å². The summed E-state index contributed by atoms with van der Waals surface area (Å²) in [6.07, 6.45) is 3.60. The van der Waals surface area contributed by atoms with E-state index < -0.39 is 0 Å². The van der Waals surface area contributed by atoms with E-state index in [0.717, 1.165) is 49.5 Å². The number of rotatable bonds is 3. The second kappa shape index (κ2) is 5.89. The van der Waals surface area contributed by atoms with Gasteiger partial charge in [-0.2, -0.15) is 0 Å². The minimum atomic E-state index is 0.269. The molecule has 0 spiro atoms. The van der Waals surface area contributed by atoms with Crippen molar-refractivity contribution in [3.8, 4) is 0 Å². The summed E-state index contributed by atoms with van der Waals surface area (Å²) in [6, 6.07) is 7.79. The molecule has 1 aliphatic rings. The van der Waals surface area contributed by atoms with E-state index in [0.29, 0.717) is 6.42 Å². The highest BCUT2D eigenvalue weighted by atomic mass is 16.2. The molecule has 18 heavy (non-hydrogen) atoms. The molecule has 1 aromatic rings. The third kappa shape index (κ3) is 3.25. The summed E-state index contributed by atoms with van der Waals surface area (Å²) in [4.78, 5) is 14.1. The number of aryl methyl sites for hydroxylation is 1. The zero-order chi connectivity index (χ0) is 13.0. The molecular formula is C15H22N2O. The third-order valence-electron chi connectivity index (χ3n) is 3.80. The van der Waals surface area contributed by atoms with E-state index in [1.165, 1.54) is 0 Å². The Balaban J connectivity index is 1.83. The van der Waals surface area contributed by atoms with Gasteiger partial charge in [-0.3, -0.25) is 4.79 Å². The van der Waals surface area contributed by atoms with Crippen molar-refractivity contribution >= 4 is 11.6 Å². The first-order valence-electron chi connectivity index (χ1n) is 6.78. The molecule has 0 bridgehead atoms. The van der Waals surface area contributed by atoms with Crippen LogP contribution in [-0.4, -0.2) is 23.9 Å². The van der Waals surface area contributed by atoms with Gasteiger partial charge < -0.3 is 10.6 Å². The van der Waals surface area contributed by atoms with Crippen molar-refractivity contribution in [2.45, 2.75) is 32.6 Å². The van der Waals surface area contributed by atoms with Crippen molar-refractivity contribution in [1.82, 2.24) is 4.90 Å². The van der Waals surface area contributed by atoms with Crippen molar-refractivity contribution in [2.24, 2.45) is 5.92 Å². The van der Waals surface area contributed by atoms with Crippen molar-refractivity contribution in [2.75, 3.05) is 18.8 Å². The van der Waals surface area contributed by atoms with Gasteiger partial charge in [0.25, 0.3) is 0 Å². The van der Waals surface area contributed by atoms with Crippen LogP contribution < -0.4 is 5.73 Å². The highest BCUT2D eigenvalue weighted by Crippen LogP contribution is 2.18. The zero-order valence-corrected chi connectivity index (χ0v) is 11.1. The van der Waals surface area contributed by atoms with Crippen LogP contribution in [0.3, 0.4) is 0 Å². The topological polar surface area (TPSA) is 46.3 Å². The Kier molecular flexibility index (Phi) is 4.24. The van der Waals surface area contributed by atoms with Crippen LogP contribution in [0.25, 0.3) is 0 Å². The maximum atomic E-state index is 12.1. The van der Waals surface area contributed by atoms with Crippen LogP contribution in [-0.2, 0) is 11.2 Å². The van der Waals surface area contributed by atoms with Gasteiger partial charge in [0, 0.05) is 25.2 Å². The smallest absolute Gasteiger partial charge is 0.222 e. The van der Waals surface area contributed by atoms with Crippen molar-refractivity contribution in [3.05, 3.63) is 29.8 Å². The predicted molar refractivity (Wildman–Crippen MR) is 74.2 cm³/mol. The van der Waals surface area contributed by atoms with E-state index >= 15 is 0 Å². The number of amides is 1. The number of para-hydroxylation sites is 1. The van der Waals surface area contributed by atoms with Gasteiger partial charge in [0.15, 0.2) is 0 Å². The Morgan fingerprint density at radius 3 is 2.67 bits per heavy atom. The maximum Gasteiger partial charge on any atom is 0.222 e. The van der Waals surface area contributed by atoms with E-state index in [1.54, 1.807) is 0 Å². The summed E-state index contributed by atoms with van der Waals surface area (Å²) < 4.78 is 0. The molecule has 0 atom stereocenters. The fourth-order valence-electron chi connectivity index (χ4n) is 2.42. The van der Waals surface area contributed by atoms with E-state index in [1.807, 2.05) is 29.2 Å². The molecule has 0 unspecified atom stereocenters. The fourth-order valence-corrected chi connectivity index (χ4v) is 2.42. The van der Waals surface area contributed by atoms with Crippen LogP contribution in [0.2, 0.25) is 0 Å². The van der Waals surface area contributed by atoms with Gasteiger partial charge >= 0.3 is 0 Å². The summed E-state index contributed by atoms with van der Waals surface area (Å²) >= 11 is 0. The Hall–Kier alpha value is -1.51. The van der Waals surface area contributed by atoms with Gasteiger partial charge in [-0.05, 0) is 36.8 Å². The second-order valence-electron chi connectivity index (χ2n) is 5.26. The van der Waals surface area contributed by atoms with Gasteiger partial charge in [0.05, 0.1) is 0 Å². The van der Waals surface area contributed by atoms with Crippen molar-refractivity contribution in [1.29, 1.82) is 0 Å². The zero-order valence-electron chi connectivity index (χ0n) is 11.1. The molecule has 3 nitrogen and oxygen atoms in total. The number of nitrogens with zero attached hydrogens (tertiary/aromatic N) is 1. The van der Waals surface area contributed by atoms with Gasteiger partial charge in [-0.25, -0.2) is 0 Å². The average Bonchev–Trinajstić information content (AvgIpc) is 2.38. The van der Waals surface area contributed by atoms with Crippen LogP contribution in [0, 0.1) is 5.92 Å². The molecule has 1 saturated heterocycles. The Morgan fingerprint density at radius 1 is 1.33 bits per heavy atom. The number of hydrogen-bond donors (Lipinski definition) is 1. The third-order valence-corrected chi connectivity index (χ3v) is 3.80. The van der Waals surface area contributed by atoms with E-state index in [2.05, 4.69) is 6.92 Å². The first-order valence-corrected chi connectivity index (χ1v) is 6.78. The summed E-state index contributed by atoms with van der Waals surface area (Å²) in [7, 11) is 0. The molecule has 1 amide bonds. The lowest BCUT2D eigenvalue weighted by Gasteiger charge is -2.30. The Labute approximate surface area is 109 Å². The van der Waals surface area contributed by atoms with Crippen molar-refractivity contribution in [3.63, 3.8) is 0 Å². The van der Waals surface area contributed by atoms with Crippen LogP contribution in [0.5, 0.6) is 0 Å². The number of carbonyl (C=O) groups excluding carboxylic acids is 1. The van der Waals surface area contributed by atoms with Crippen LogP contribution in [0.4, 0.5) is 5.69 Å². The molecule has 0 radical (unpaired) electrons. The minimum absolute atomic E-state index is 0.269. The van der Waals surface area contributed by atoms with Gasteiger partial charge in [-0.1, -0.05) is 25.1 Å². The molecule has 2 N–H and O–H groups in total. The molecule has 0 aliphatic carbocycles. The number of likely N-dealkylation sites (tertiary alicyclic amines) is 1. The average molecular weight is 246 g/mol. The SMILES string of the molecule is CC1CCN(C(=O)CCc2ccccc2N)CC1.